The minimum Gasteiger partial charge on any atom is -0.300 e. The minimum atomic E-state index is -2.19. The largest absolute Gasteiger partial charge is 0.300 e. The summed E-state index contributed by atoms with van der Waals surface area (Å²) in [5.74, 6) is 0.883. The van der Waals surface area contributed by atoms with Gasteiger partial charge in [-0.25, -0.2) is 8.78 Å². The van der Waals surface area contributed by atoms with Crippen LogP contribution in [0.4, 0.5) is 8.78 Å². The lowest BCUT2D eigenvalue weighted by Crippen LogP contribution is -2.55. The maximum atomic E-state index is 12.4. The second kappa shape index (κ2) is 6.10. The molecule has 2 nitrogen and oxygen atoms in total. The number of alkyl halides is 2. The van der Waals surface area contributed by atoms with Crippen molar-refractivity contribution in [2.45, 2.75) is 45.1 Å². The van der Waals surface area contributed by atoms with Gasteiger partial charge in [-0.15, -0.1) is 0 Å². The van der Waals surface area contributed by atoms with Crippen molar-refractivity contribution >= 4 is 0 Å². The molecule has 2 rings (SSSR count). The van der Waals surface area contributed by atoms with Gasteiger partial charge in [-0.3, -0.25) is 4.90 Å². The zero-order valence-electron chi connectivity index (χ0n) is 10.7. The predicted molar refractivity (Wildman–Crippen MR) is 65.4 cm³/mol. The predicted octanol–water partition coefficient (Wildman–Crippen LogP) is 2.45. The highest BCUT2D eigenvalue weighted by atomic mass is 19.3. The molecular weight excluding hydrogens is 222 g/mol. The van der Waals surface area contributed by atoms with E-state index in [2.05, 4.69) is 11.8 Å². The summed E-state index contributed by atoms with van der Waals surface area (Å²) >= 11 is 0. The molecule has 4 heteroatoms. The first-order valence-electron chi connectivity index (χ1n) is 6.93. The fourth-order valence-electron chi connectivity index (χ4n) is 2.97. The highest BCUT2D eigenvalue weighted by molar-refractivity contribution is 4.84. The molecule has 0 bridgehead atoms. The fourth-order valence-corrected chi connectivity index (χ4v) is 2.97. The first-order chi connectivity index (χ1) is 8.19. The SMILES string of the molecule is CCC1CN(CC2CCC2)CCN1CC(F)F. The molecule has 1 heterocycles. The van der Waals surface area contributed by atoms with Crippen LogP contribution in [0.15, 0.2) is 0 Å². The zero-order chi connectivity index (χ0) is 12.3. The third kappa shape index (κ3) is 3.62. The molecule has 100 valence electrons. The molecule has 0 aromatic heterocycles. The van der Waals surface area contributed by atoms with Crippen molar-refractivity contribution in [2.24, 2.45) is 5.92 Å². The molecule has 2 aliphatic rings. The van der Waals surface area contributed by atoms with Gasteiger partial charge in [-0.2, -0.15) is 0 Å². The summed E-state index contributed by atoms with van der Waals surface area (Å²) in [7, 11) is 0. The van der Waals surface area contributed by atoms with E-state index in [-0.39, 0.29) is 6.54 Å². The van der Waals surface area contributed by atoms with E-state index < -0.39 is 6.43 Å². The number of halogens is 2. The third-order valence-electron chi connectivity index (χ3n) is 4.27. The van der Waals surface area contributed by atoms with Crippen LogP contribution in [0, 0.1) is 5.92 Å². The molecule has 1 atom stereocenters. The lowest BCUT2D eigenvalue weighted by Gasteiger charge is -2.43. The fraction of sp³-hybridized carbons (Fsp3) is 1.00. The van der Waals surface area contributed by atoms with Gasteiger partial charge in [0.15, 0.2) is 0 Å². The van der Waals surface area contributed by atoms with Crippen molar-refractivity contribution in [1.29, 1.82) is 0 Å². The standard InChI is InChI=1S/C13H24F2N2/c1-2-12-9-16(8-11-4-3-5-11)6-7-17(12)10-13(14)15/h11-13H,2-10H2,1H3. The van der Waals surface area contributed by atoms with Gasteiger partial charge in [0, 0.05) is 32.2 Å². The quantitative estimate of drug-likeness (QED) is 0.735. The van der Waals surface area contributed by atoms with E-state index in [0.29, 0.717) is 6.04 Å². The van der Waals surface area contributed by atoms with Gasteiger partial charge in [0.25, 0.3) is 6.43 Å². The Balaban J connectivity index is 1.78. The first kappa shape index (κ1) is 13.2. The van der Waals surface area contributed by atoms with Crippen molar-refractivity contribution in [3.05, 3.63) is 0 Å². The highest BCUT2D eigenvalue weighted by Gasteiger charge is 2.29. The summed E-state index contributed by atoms with van der Waals surface area (Å²) in [6.07, 6.45) is 2.91. The van der Waals surface area contributed by atoms with Crippen LogP contribution in [-0.2, 0) is 0 Å². The Labute approximate surface area is 103 Å². The van der Waals surface area contributed by atoms with Crippen molar-refractivity contribution < 1.29 is 8.78 Å². The molecule has 0 aromatic rings. The lowest BCUT2D eigenvalue weighted by molar-refractivity contribution is 0.0111. The molecule has 17 heavy (non-hydrogen) atoms. The molecule has 0 radical (unpaired) electrons. The second-order valence-corrected chi connectivity index (χ2v) is 5.50. The Hall–Kier alpha value is -0.220. The Morgan fingerprint density at radius 3 is 2.53 bits per heavy atom. The molecule has 1 saturated heterocycles. The molecule has 0 spiro atoms. The van der Waals surface area contributed by atoms with E-state index in [1.54, 1.807) is 0 Å². The summed E-state index contributed by atoms with van der Waals surface area (Å²) in [6.45, 7) is 6.03. The Morgan fingerprint density at radius 2 is 2.00 bits per heavy atom. The lowest BCUT2D eigenvalue weighted by atomic mass is 9.85. The van der Waals surface area contributed by atoms with Gasteiger partial charge in [0.2, 0.25) is 0 Å². The van der Waals surface area contributed by atoms with Crippen LogP contribution in [0.3, 0.4) is 0 Å². The van der Waals surface area contributed by atoms with Crippen molar-refractivity contribution in [3.8, 4) is 0 Å². The summed E-state index contributed by atoms with van der Waals surface area (Å²) in [5, 5.41) is 0. The number of hydrogen-bond donors (Lipinski definition) is 0. The summed E-state index contributed by atoms with van der Waals surface area (Å²) in [6, 6.07) is 0.331. The summed E-state index contributed by atoms with van der Waals surface area (Å²) in [5.41, 5.74) is 0. The third-order valence-corrected chi connectivity index (χ3v) is 4.27. The van der Waals surface area contributed by atoms with Gasteiger partial charge in [-0.05, 0) is 25.2 Å². The van der Waals surface area contributed by atoms with E-state index in [4.69, 9.17) is 0 Å². The Bertz CT molecular complexity index is 231. The van der Waals surface area contributed by atoms with E-state index >= 15 is 0 Å². The van der Waals surface area contributed by atoms with Gasteiger partial charge in [-0.1, -0.05) is 13.3 Å². The van der Waals surface area contributed by atoms with E-state index in [0.717, 1.165) is 32.0 Å². The van der Waals surface area contributed by atoms with Crippen LogP contribution in [0.1, 0.15) is 32.6 Å². The topological polar surface area (TPSA) is 6.48 Å². The molecular formula is C13H24F2N2. The van der Waals surface area contributed by atoms with Crippen LogP contribution in [0.2, 0.25) is 0 Å². The average molecular weight is 246 g/mol. The number of hydrogen-bond acceptors (Lipinski definition) is 2. The summed E-state index contributed by atoms with van der Waals surface area (Å²) < 4.78 is 24.9. The number of rotatable bonds is 5. The number of nitrogens with zero attached hydrogens (tertiary/aromatic N) is 2. The van der Waals surface area contributed by atoms with Crippen LogP contribution < -0.4 is 0 Å². The van der Waals surface area contributed by atoms with Crippen molar-refractivity contribution in [1.82, 2.24) is 9.80 Å². The average Bonchev–Trinajstić information content (AvgIpc) is 2.24. The molecule has 0 amide bonds. The van der Waals surface area contributed by atoms with E-state index in [1.165, 1.54) is 25.8 Å². The molecule has 1 aliphatic carbocycles. The normalized spacial score (nSPS) is 28.6. The maximum absolute atomic E-state index is 12.4. The molecule has 1 unspecified atom stereocenters. The van der Waals surface area contributed by atoms with E-state index in [1.807, 2.05) is 4.90 Å². The molecule has 1 saturated carbocycles. The van der Waals surface area contributed by atoms with Crippen LogP contribution in [-0.4, -0.2) is 55.0 Å². The second-order valence-electron chi connectivity index (χ2n) is 5.50. The maximum Gasteiger partial charge on any atom is 0.251 e. The highest BCUT2D eigenvalue weighted by Crippen LogP contribution is 2.28. The summed E-state index contributed by atoms with van der Waals surface area (Å²) in [4.78, 5) is 4.46. The van der Waals surface area contributed by atoms with Crippen LogP contribution >= 0.6 is 0 Å². The van der Waals surface area contributed by atoms with Gasteiger partial charge in [0.1, 0.15) is 0 Å². The monoisotopic (exact) mass is 246 g/mol. The van der Waals surface area contributed by atoms with Gasteiger partial charge in [0.05, 0.1) is 6.54 Å². The molecule has 0 aromatic carbocycles. The van der Waals surface area contributed by atoms with Crippen molar-refractivity contribution in [2.75, 3.05) is 32.7 Å². The zero-order valence-corrected chi connectivity index (χ0v) is 10.7. The van der Waals surface area contributed by atoms with Crippen LogP contribution in [0.5, 0.6) is 0 Å². The van der Waals surface area contributed by atoms with Gasteiger partial charge < -0.3 is 4.90 Å². The van der Waals surface area contributed by atoms with Gasteiger partial charge >= 0.3 is 0 Å². The number of piperazine rings is 1. The smallest absolute Gasteiger partial charge is 0.251 e. The molecule has 2 fully saturated rings. The molecule has 1 aliphatic heterocycles. The van der Waals surface area contributed by atoms with Crippen LogP contribution in [0.25, 0.3) is 0 Å². The minimum absolute atomic E-state index is 0.0459. The Morgan fingerprint density at radius 1 is 1.24 bits per heavy atom. The van der Waals surface area contributed by atoms with Crippen molar-refractivity contribution in [3.63, 3.8) is 0 Å². The first-order valence-corrected chi connectivity index (χ1v) is 6.93. The van der Waals surface area contributed by atoms with E-state index in [9.17, 15) is 8.78 Å². The Kier molecular flexibility index (Phi) is 4.74. The molecule has 0 N–H and O–H groups in total.